The zero-order chi connectivity index (χ0) is 18.1. The molecule has 0 aliphatic carbocycles. The summed E-state index contributed by atoms with van der Waals surface area (Å²) in [4.78, 5) is 10.8. The number of hydrogen-bond donors (Lipinski definition) is 0. The van der Waals surface area contributed by atoms with Crippen molar-refractivity contribution in [2.24, 2.45) is 0 Å². The van der Waals surface area contributed by atoms with Crippen molar-refractivity contribution in [3.05, 3.63) is 24.4 Å². The maximum atomic E-state index is 6.23. The van der Waals surface area contributed by atoms with E-state index < -0.39 is 18.4 Å². The summed E-state index contributed by atoms with van der Waals surface area (Å²) in [6.07, 6.45) is 10.2. The van der Waals surface area contributed by atoms with Crippen LogP contribution in [0.25, 0.3) is 0 Å². The number of hydrogen-bond acceptors (Lipinski definition) is 3. The van der Waals surface area contributed by atoms with Gasteiger partial charge in [0.05, 0.1) is 0 Å². The molecule has 1 aliphatic rings. The molecule has 4 heteroatoms. The molecule has 1 fully saturated rings. The summed E-state index contributed by atoms with van der Waals surface area (Å²) < 4.78 is 5.47. The van der Waals surface area contributed by atoms with Crippen LogP contribution in [0.2, 0.25) is 17.2 Å². The minimum atomic E-state index is -2.27. The standard InChI is InChI=1S/C9H11N2O.3C4H9.Sn/c1-8-5-7-12-11(8)9-4-2-3-6-10-9;3*1-3-4-2;/h2-6,8H,7H2,1H3;3*1,3-4H2,2H3;/t8-;;;;/m1..../s1. The molecule has 0 N–H and O–H groups in total. The second-order valence-electron chi connectivity index (χ2n) is 7.83. The Morgan fingerprint density at radius 2 is 1.64 bits per heavy atom. The van der Waals surface area contributed by atoms with Gasteiger partial charge in [0.1, 0.15) is 0 Å². The van der Waals surface area contributed by atoms with Crippen LogP contribution >= 0.6 is 0 Å². The molecule has 0 bridgehead atoms. The summed E-state index contributed by atoms with van der Waals surface area (Å²) in [5.41, 5.74) is 0. The number of rotatable bonds is 11. The Morgan fingerprint density at radius 1 is 1.04 bits per heavy atom. The van der Waals surface area contributed by atoms with Crippen LogP contribution in [0, 0.1) is 0 Å². The number of anilines is 1. The summed E-state index contributed by atoms with van der Waals surface area (Å²) in [6.45, 7) is 10.4. The number of unbranched alkanes of at least 4 members (excludes halogenated alkanes) is 3. The van der Waals surface area contributed by atoms with Gasteiger partial charge in [0, 0.05) is 0 Å². The zero-order valence-electron chi connectivity index (χ0n) is 16.8. The van der Waals surface area contributed by atoms with Crippen molar-refractivity contribution < 1.29 is 4.84 Å². The quantitative estimate of drug-likeness (QED) is 0.361. The van der Waals surface area contributed by atoms with E-state index in [1.54, 1.807) is 13.3 Å². The molecular weight excluding hydrogens is 415 g/mol. The van der Waals surface area contributed by atoms with E-state index in [0.717, 1.165) is 16.4 Å². The molecular formula is C21H38N2OSn. The summed E-state index contributed by atoms with van der Waals surface area (Å²) >= 11 is -2.27. The Kier molecular flexibility index (Phi) is 9.04. The van der Waals surface area contributed by atoms with Crippen LogP contribution in [0.3, 0.4) is 0 Å². The molecule has 25 heavy (non-hydrogen) atoms. The molecule has 1 aromatic rings. The molecule has 0 aromatic carbocycles. The minimum absolute atomic E-state index is 0.483. The summed E-state index contributed by atoms with van der Waals surface area (Å²) in [6, 6.07) is 6.61. The first-order valence-corrected chi connectivity index (χ1v) is 18.2. The predicted octanol–water partition coefficient (Wildman–Crippen LogP) is 6.44. The van der Waals surface area contributed by atoms with Gasteiger partial charge in [-0.05, 0) is 0 Å². The topological polar surface area (TPSA) is 25.4 Å². The Balaban J connectivity index is 2.22. The summed E-state index contributed by atoms with van der Waals surface area (Å²) in [5, 5.41) is 2.13. The fourth-order valence-corrected chi connectivity index (χ4v) is 23.4. The average Bonchev–Trinajstić information content (AvgIpc) is 3.04. The molecule has 0 radical (unpaired) electrons. The van der Waals surface area contributed by atoms with E-state index in [0.29, 0.717) is 6.04 Å². The molecule has 3 nitrogen and oxygen atoms in total. The third-order valence-corrected chi connectivity index (χ3v) is 24.0. The van der Waals surface area contributed by atoms with Gasteiger partial charge in [-0.25, -0.2) is 0 Å². The van der Waals surface area contributed by atoms with Gasteiger partial charge in [-0.2, -0.15) is 0 Å². The second kappa shape index (κ2) is 10.8. The molecule has 2 heterocycles. The molecule has 142 valence electrons. The fourth-order valence-electron chi connectivity index (χ4n) is 4.55. The first-order valence-electron chi connectivity index (χ1n) is 10.5. The van der Waals surface area contributed by atoms with E-state index >= 15 is 0 Å². The van der Waals surface area contributed by atoms with E-state index in [9.17, 15) is 0 Å². The van der Waals surface area contributed by atoms with Crippen LogP contribution in [0.15, 0.2) is 24.4 Å². The molecule has 1 aliphatic heterocycles. The molecule has 0 amide bonds. The van der Waals surface area contributed by atoms with Crippen molar-refractivity contribution in [1.29, 1.82) is 0 Å². The van der Waals surface area contributed by atoms with Crippen LogP contribution < -0.4 is 5.06 Å². The third-order valence-electron chi connectivity index (χ3n) is 6.09. The van der Waals surface area contributed by atoms with E-state index in [2.05, 4.69) is 49.9 Å². The van der Waals surface area contributed by atoms with E-state index in [1.807, 2.05) is 12.3 Å². The Labute approximate surface area is 159 Å². The van der Waals surface area contributed by atoms with E-state index in [4.69, 9.17) is 4.84 Å². The van der Waals surface area contributed by atoms with Crippen molar-refractivity contribution in [3.63, 3.8) is 0 Å². The number of hydroxylamine groups is 1. The van der Waals surface area contributed by atoms with Gasteiger partial charge in [0.25, 0.3) is 0 Å². The van der Waals surface area contributed by atoms with Gasteiger partial charge in [0.15, 0.2) is 0 Å². The molecule has 2 rings (SSSR count). The fraction of sp³-hybridized carbons (Fsp3) is 0.762. The van der Waals surface area contributed by atoms with E-state index in [-0.39, 0.29) is 0 Å². The van der Waals surface area contributed by atoms with Crippen molar-refractivity contribution in [2.75, 3.05) is 11.7 Å². The van der Waals surface area contributed by atoms with Crippen LogP contribution in [0.1, 0.15) is 66.2 Å². The van der Waals surface area contributed by atoms with E-state index in [1.165, 1.54) is 38.5 Å². The Morgan fingerprint density at radius 3 is 2.12 bits per heavy atom. The van der Waals surface area contributed by atoms with Crippen molar-refractivity contribution >= 4 is 24.2 Å². The maximum absolute atomic E-state index is 6.23. The number of nitrogens with zero attached hydrogens (tertiary/aromatic N) is 2. The zero-order valence-corrected chi connectivity index (χ0v) is 19.7. The summed E-state index contributed by atoms with van der Waals surface area (Å²) in [7, 11) is 0. The van der Waals surface area contributed by atoms with Crippen molar-refractivity contribution in [2.45, 2.75) is 89.5 Å². The molecule has 2 atom stereocenters. The first kappa shape index (κ1) is 21.0. The van der Waals surface area contributed by atoms with Gasteiger partial charge in [-0.15, -0.1) is 0 Å². The normalized spacial score (nSPS) is 21.0. The van der Waals surface area contributed by atoms with Gasteiger partial charge in [-0.3, -0.25) is 0 Å². The third kappa shape index (κ3) is 5.35. The van der Waals surface area contributed by atoms with Gasteiger partial charge >= 0.3 is 160 Å². The predicted molar refractivity (Wildman–Crippen MR) is 111 cm³/mol. The molecule has 0 saturated carbocycles. The van der Waals surface area contributed by atoms with Gasteiger partial charge in [-0.1, -0.05) is 0 Å². The number of pyridine rings is 1. The summed E-state index contributed by atoms with van der Waals surface area (Å²) in [5.74, 6) is 0.985. The molecule has 0 spiro atoms. The molecule has 1 aromatic heterocycles. The van der Waals surface area contributed by atoms with Crippen molar-refractivity contribution in [1.82, 2.24) is 4.98 Å². The number of aromatic nitrogens is 1. The molecule has 1 saturated heterocycles. The SMILES string of the molecule is CCC[CH2][Sn]([CH2]CCC)([CH2]CCC)[C@@H]1CON(c2ccccn2)[C@@H]1C. The van der Waals surface area contributed by atoms with Crippen LogP contribution in [-0.4, -0.2) is 36.0 Å². The van der Waals surface area contributed by atoms with Crippen LogP contribution in [-0.2, 0) is 4.84 Å². The Hall–Kier alpha value is -0.291. The first-order chi connectivity index (χ1) is 12.2. The Bertz CT molecular complexity index is 460. The van der Waals surface area contributed by atoms with Gasteiger partial charge in [0.2, 0.25) is 0 Å². The second-order valence-corrected chi connectivity index (χ2v) is 22.0. The van der Waals surface area contributed by atoms with Crippen molar-refractivity contribution in [3.8, 4) is 0 Å². The van der Waals surface area contributed by atoms with Crippen LogP contribution in [0.5, 0.6) is 0 Å². The monoisotopic (exact) mass is 454 g/mol. The average molecular weight is 453 g/mol. The van der Waals surface area contributed by atoms with Gasteiger partial charge < -0.3 is 0 Å². The molecule has 0 unspecified atom stereocenters. The van der Waals surface area contributed by atoms with Crippen LogP contribution in [0.4, 0.5) is 5.82 Å².